The fourth-order valence-electron chi connectivity index (χ4n) is 1.65. The third-order valence-electron chi connectivity index (χ3n) is 2.56. The average Bonchev–Trinajstić information content (AvgIpc) is 2.47. The number of fused-ring (bicyclic) bond motifs is 1. The normalized spacial score (nSPS) is 9.75. The molecule has 0 saturated carbocycles. The van der Waals surface area contributed by atoms with Gasteiger partial charge in [-0.1, -0.05) is 33.6 Å². The second-order valence-electron chi connectivity index (χ2n) is 4.55. The van der Waals surface area contributed by atoms with Crippen molar-refractivity contribution in [3.8, 4) is 0 Å². The van der Waals surface area contributed by atoms with Gasteiger partial charge in [0, 0.05) is 24.3 Å². The minimum Gasteiger partial charge on any atom is -0.351 e. The first-order chi connectivity index (χ1) is 9.74. The van der Waals surface area contributed by atoms with Crippen LogP contribution in [0.5, 0.6) is 0 Å². The molecule has 20 heavy (non-hydrogen) atoms. The molecule has 2 rings (SSSR count). The Morgan fingerprint density at radius 1 is 1.15 bits per heavy atom. The first-order valence-electron chi connectivity index (χ1n) is 7.22. The van der Waals surface area contributed by atoms with Crippen molar-refractivity contribution < 1.29 is 4.79 Å². The Labute approximate surface area is 120 Å². The molecule has 0 radical (unpaired) electrons. The van der Waals surface area contributed by atoms with Crippen molar-refractivity contribution >= 4 is 16.8 Å². The number of unbranched alkanes of at least 4 members (excludes halogenated alkanes) is 1. The molecule has 108 valence electrons. The summed E-state index contributed by atoms with van der Waals surface area (Å²) in [6, 6.07) is 5.48. The summed E-state index contributed by atoms with van der Waals surface area (Å²) in [6.07, 6.45) is 6.62. The lowest BCUT2D eigenvalue weighted by Crippen LogP contribution is -2.25. The van der Waals surface area contributed by atoms with Crippen molar-refractivity contribution in [2.75, 3.05) is 6.54 Å². The Balaban J connectivity index is 0.000000612. The Morgan fingerprint density at radius 2 is 1.90 bits per heavy atom. The van der Waals surface area contributed by atoms with Crippen LogP contribution in [0.25, 0.3) is 10.9 Å². The summed E-state index contributed by atoms with van der Waals surface area (Å²) in [7, 11) is 0. The highest BCUT2D eigenvalue weighted by Crippen LogP contribution is 2.13. The van der Waals surface area contributed by atoms with Crippen LogP contribution in [-0.2, 0) is 0 Å². The topological polar surface area (TPSA) is 54.9 Å². The maximum absolute atomic E-state index is 11.9. The van der Waals surface area contributed by atoms with Crippen LogP contribution >= 0.6 is 0 Å². The second kappa shape index (κ2) is 9.02. The van der Waals surface area contributed by atoms with Crippen LogP contribution in [0.1, 0.15) is 50.5 Å². The zero-order chi connectivity index (χ0) is 14.8. The molecule has 0 aromatic carbocycles. The van der Waals surface area contributed by atoms with Crippen molar-refractivity contribution in [1.29, 1.82) is 0 Å². The molecule has 0 spiro atoms. The summed E-state index contributed by atoms with van der Waals surface area (Å²) in [4.78, 5) is 20.3. The van der Waals surface area contributed by atoms with Crippen molar-refractivity contribution in [2.24, 2.45) is 0 Å². The van der Waals surface area contributed by atoms with Crippen LogP contribution in [0.4, 0.5) is 0 Å². The molecule has 0 saturated heterocycles. The summed E-state index contributed by atoms with van der Waals surface area (Å²) in [6.45, 7) is 7.03. The molecule has 2 aromatic heterocycles. The predicted octanol–water partition coefficient (Wildman–Crippen LogP) is 3.58. The van der Waals surface area contributed by atoms with E-state index in [0.717, 1.165) is 23.7 Å². The van der Waals surface area contributed by atoms with Gasteiger partial charge in [-0.25, -0.2) is 0 Å². The number of pyridine rings is 2. The number of carbonyl (C=O) groups excluding carboxylic acids is 1. The number of hydrogen-bond acceptors (Lipinski definition) is 3. The molecule has 0 unspecified atom stereocenters. The van der Waals surface area contributed by atoms with Crippen LogP contribution in [0.15, 0.2) is 30.6 Å². The lowest BCUT2D eigenvalue weighted by Gasteiger charge is -2.05. The smallest absolute Gasteiger partial charge is 0.270 e. The molecule has 1 amide bonds. The number of aromatic nitrogens is 2. The molecule has 0 fully saturated rings. The molecule has 2 heterocycles. The highest BCUT2D eigenvalue weighted by Gasteiger charge is 2.10. The van der Waals surface area contributed by atoms with E-state index < -0.39 is 0 Å². The fourth-order valence-corrected chi connectivity index (χ4v) is 1.65. The number of carbonyl (C=O) groups is 1. The Bertz CT molecular complexity index is 535. The second-order valence-corrected chi connectivity index (χ2v) is 4.55. The number of nitrogens with one attached hydrogen (secondary N) is 1. The van der Waals surface area contributed by atoms with Crippen molar-refractivity contribution in [1.82, 2.24) is 15.3 Å². The molecular formula is C16H23N3O. The molecule has 0 aliphatic rings. The zero-order valence-corrected chi connectivity index (χ0v) is 12.5. The van der Waals surface area contributed by atoms with Gasteiger partial charge in [0.25, 0.3) is 5.91 Å². The minimum atomic E-state index is -0.128. The van der Waals surface area contributed by atoms with E-state index >= 15 is 0 Å². The number of nitrogens with zero attached hydrogens (tertiary/aromatic N) is 2. The van der Waals surface area contributed by atoms with Gasteiger partial charge >= 0.3 is 0 Å². The van der Waals surface area contributed by atoms with E-state index in [1.807, 2.05) is 12.1 Å². The highest BCUT2D eigenvalue weighted by atomic mass is 16.1. The summed E-state index contributed by atoms with van der Waals surface area (Å²) in [5.41, 5.74) is 1.25. The van der Waals surface area contributed by atoms with Crippen molar-refractivity contribution in [3.63, 3.8) is 0 Å². The van der Waals surface area contributed by atoms with Gasteiger partial charge in [0.1, 0.15) is 5.69 Å². The number of hydrogen-bond donors (Lipinski definition) is 1. The van der Waals surface area contributed by atoms with E-state index in [9.17, 15) is 4.79 Å². The van der Waals surface area contributed by atoms with Gasteiger partial charge in [-0.2, -0.15) is 0 Å². The summed E-state index contributed by atoms with van der Waals surface area (Å²) < 4.78 is 0. The lowest BCUT2D eigenvalue weighted by molar-refractivity contribution is 0.0950. The van der Waals surface area contributed by atoms with Crippen molar-refractivity contribution in [3.05, 3.63) is 36.3 Å². The van der Waals surface area contributed by atoms with E-state index in [4.69, 9.17) is 0 Å². The summed E-state index contributed by atoms with van der Waals surface area (Å²) in [5, 5.41) is 3.66. The molecule has 2 aromatic rings. The van der Waals surface area contributed by atoms with Crippen LogP contribution in [0.3, 0.4) is 0 Å². The number of rotatable bonds is 4. The Hall–Kier alpha value is -1.97. The van der Waals surface area contributed by atoms with Crippen molar-refractivity contribution in [2.45, 2.75) is 40.0 Å². The van der Waals surface area contributed by atoms with E-state index in [1.54, 1.807) is 18.5 Å². The molecule has 0 aliphatic heterocycles. The van der Waals surface area contributed by atoms with E-state index in [-0.39, 0.29) is 5.91 Å². The SMILES string of the molecule is CCC.CCCCNC(=O)c1nccc2ncccc12. The highest BCUT2D eigenvalue weighted by molar-refractivity contribution is 6.04. The molecular weight excluding hydrogens is 250 g/mol. The third kappa shape index (κ3) is 4.61. The quantitative estimate of drug-likeness (QED) is 0.866. The molecule has 0 aliphatic carbocycles. The van der Waals surface area contributed by atoms with E-state index in [2.05, 4.69) is 36.1 Å². The van der Waals surface area contributed by atoms with Gasteiger partial charge in [0.05, 0.1) is 5.52 Å². The molecule has 0 atom stereocenters. The minimum absolute atomic E-state index is 0.128. The fraction of sp³-hybridized carbons (Fsp3) is 0.438. The standard InChI is InChI=1S/C13H15N3O.C3H8/c1-2-3-7-16-13(17)12-10-5-4-8-14-11(10)6-9-15-12;1-3-2/h4-6,8-9H,2-3,7H2,1H3,(H,16,17);3H2,1-2H3. The van der Waals surface area contributed by atoms with Gasteiger partial charge in [-0.05, 0) is 24.6 Å². The first-order valence-corrected chi connectivity index (χ1v) is 7.22. The van der Waals surface area contributed by atoms with Crippen LogP contribution in [-0.4, -0.2) is 22.4 Å². The summed E-state index contributed by atoms with van der Waals surface area (Å²) in [5.74, 6) is -0.128. The first kappa shape index (κ1) is 16.1. The largest absolute Gasteiger partial charge is 0.351 e. The monoisotopic (exact) mass is 273 g/mol. The molecule has 1 N–H and O–H groups in total. The van der Waals surface area contributed by atoms with Crippen LogP contribution in [0, 0.1) is 0 Å². The van der Waals surface area contributed by atoms with Crippen LogP contribution in [0.2, 0.25) is 0 Å². The van der Waals surface area contributed by atoms with Gasteiger partial charge in [-0.15, -0.1) is 0 Å². The van der Waals surface area contributed by atoms with Gasteiger partial charge in [0.2, 0.25) is 0 Å². The predicted molar refractivity (Wildman–Crippen MR) is 82.7 cm³/mol. The zero-order valence-electron chi connectivity index (χ0n) is 12.5. The van der Waals surface area contributed by atoms with Gasteiger partial charge < -0.3 is 5.32 Å². The Kier molecular flexibility index (Phi) is 7.25. The van der Waals surface area contributed by atoms with Gasteiger partial charge in [-0.3, -0.25) is 14.8 Å². The lowest BCUT2D eigenvalue weighted by atomic mass is 10.2. The molecule has 4 heteroatoms. The molecule has 4 nitrogen and oxygen atoms in total. The maximum atomic E-state index is 11.9. The van der Waals surface area contributed by atoms with E-state index in [0.29, 0.717) is 12.2 Å². The van der Waals surface area contributed by atoms with E-state index in [1.165, 1.54) is 6.42 Å². The number of amides is 1. The van der Waals surface area contributed by atoms with Gasteiger partial charge in [0.15, 0.2) is 0 Å². The maximum Gasteiger partial charge on any atom is 0.270 e. The van der Waals surface area contributed by atoms with Crippen LogP contribution < -0.4 is 5.32 Å². The average molecular weight is 273 g/mol. The summed E-state index contributed by atoms with van der Waals surface area (Å²) >= 11 is 0. The molecule has 0 bridgehead atoms. The third-order valence-corrected chi connectivity index (χ3v) is 2.56. The Morgan fingerprint density at radius 3 is 2.60 bits per heavy atom.